The molecule has 1 aliphatic rings. The molecule has 6 nitrogen and oxygen atoms in total. The molecule has 3 rings (SSSR count). The zero-order valence-electron chi connectivity index (χ0n) is 17.8. The van der Waals surface area contributed by atoms with E-state index in [-0.39, 0.29) is 5.91 Å². The van der Waals surface area contributed by atoms with E-state index in [1.165, 1.54) is 11.8 Å². The second kappa shape index (κ2) is 11.2. The average Bonchev–Trinajstić information content (AvgIpc) is 3.04. The molecule has 1 aliphatic heterocycles. The molecule has 1 amide bonds. The van der Waals surface area contributed by atoms with Crippen molar-refractivity contribution in [2.45, 2.75) is 13.8 Å². The van der Waals surface area contributed by atoms with Crippen LogP contribution in [-0.4, -0.2) is 49.4 Å². The molecule has 31 heavy (non-hydrogen) atoms. The Kier molecular flexibility index (Phi) is 8.40. The number of ether oxygens (including phenoxy) is 3. The minimum Gasteiger partial charge on any atom is -0.490 e. The maximum atomic E-state index is 13.1. The van der Waals surface area contributed by atoms with E-state index in [4.69, 9.17) is 25.8 Å². The number of benzene rings is 2. The molecule has 1 heterocycles. The Bertz CT molecular complexity index is 979. The zero-order chi connectivity index (χ0) is 22.2. The fourth-order valence-electron chi connectivity index (χ4n) is 2.95. The second-order valence-electron chi connectivity index (χ2n) is 6.49. The molecule has 1 fully saturated rings. The molecule has 0 saturated carbocycles. The van der Waals surface area contributed by atoms with Crippen molar-refractivity contribution in [3.63, 3.8) is 0 Å². The molecule has 0 N–H and O–H groups in total. The molecular weight excluding hydrogens is 436 g/mol. The predicted octanol–water partition coefficient (Wildman–Crippen LogP) is 5.39. The maximum absolute atomic E-state index is 13.1. The highest BCUT2D eigenvalue weighted by Gasteiger charge is 2.33. The van der Waals surface area contributed by atoms with E-state index in [1.807, 2.05) is 50.2 Å². The van der Waals surface area contributed by atoms with Gasteiger partial charge in [-0.3, -0.25) is 9.69 Å². The lowest BCUT2D eigenvalue weighted by Crippen LogP contribution is -2.32. The number of methoxy groups -OCH3 is 1. The van der Waals surface area contributed by atoms with Crippen LogP contribution in [0.25, 0.3) is 6.08 Å². The quantitative estimate of drug-likeness (QED) is 0.469. The van der Waals surface area contributed by atoms with Crippen LogP contribution in [0.3, 0.4) is 0 Å². The summed E-state index contributed by atoms with van der Waals surface area (Å²) in [6.45, 7) is 5.56. The van der Waals surface area contributed by atoms with Crippen LogP contribution in [-0.2, 0) is 9.53 Å². The van der Waals surface area contributed by atoms with E-state index in [2.05, 4.69) is 4.99 Å². The Morgan fingerprint density at radius 3 is 2.55 bits per heavy atom. The topological polar surface area (TPSA) is 60.4 Å². The molecule has 0 unspecified atom stereocenters. The normalized spacial score (nSPS) is 16.4. The molecule has 8 heteroatoms. The Morgan fingerprint density at radius 1 is 1.13 bits per heavy atom. The molecule has 0 spiro atoms. The molecule has 0 aromatic heterocycles. The first kappa shape index (κ1) is 23.2. The molecule has 2 aromatic rings. The van der Waals surface area contributed by atoms with Gasteiger partial charge in [0, 0.05) is 7.11 Å². The first-order valence-electron chi connectivity index (χ1n) is 10.0. The van der Waals surface area contributed by atoms with Crippen molar-refractivity contribution in [1.82, 2.24) is 4.90 Å². The van der Waals surface area contributed by atoms with Crippen molar-refractivity contribution in [2.24, 2.45) is 4.99 Å². The first-order valence-corrected chi connectivity index (χ1v) is 11.2. The molecule has 1 saturated heterocycles. The van der Waals surface area contributed by atoms with Gasteiger partial charge >= 0.3 is 0 Å². The number of carbonyl (C=O) groups excluding carboxylic acids is 1. The number of amides is 1. The van der Waals surface area contributed by atoms with Crippen LogP contribution < -0.4 is 9.47 Å². The van der Waals surface area contributed by atoms with Gasteiger partial charge in [0.05, 0.1) is 42.0 Å². The lowest BCUT2D eigenvalue weighted by Gasteiger charge is -2.14. The Hall–Kier alpha value is -2.48. The van der Waals surface area contributed by atoms with Crippen molar-refractivity contribution in [2.75, 3.05) is 33.5 Å². The monoisotopic (exact) mass is 460 g/mol. The summed E-state index contributed by atoms with van der Waals surface area (Å²) in [5.41, 5.74) is 1.53. The summed E-state index contributed by atoms with van der Waals surface area (Å²) in [5.74, 6) is 0.930. The van der Waals surface area contributed by atoms with E-state index in [0.717, 1.165) is 11.3 Å². The highest BCUT2D eigenvalue weighted by Crippen LogP contribution is 2.39. The van der Waals surface area contributed by atoms with Crippen molar-refractivity contribution < 1.29 is 19.0 Å². The summed E-state index contributed by atoms with van der Waals surface area (Å²) in [6, 6.07) is 13.1. The lowest BCUT2D eigenvalue weighted by atomic mass is 10.1. The number of para-hydroxylation sites is 1. The summed E-state index contributed by atoms with van der Waals surface area (Å²) in [7, 11) is 1.61. The number of rotatable bonds is 9. The minimum atomic E-state index is -0.125. The summed E-state index contributed by atoms with van der Waals surface area (Å²) < 4.78 is 16.5. The van der Waals surface area contributed by atoms with Gasteiger partial charge in [0.15, 0.2) is 16.7 Å². The highest BCUT2D eigenvalue weighted by molar-refractivity contribution is 8.18. The van der Waals surface area contributed by atoms with Crippen LogP contribution in [0.1, 0.15) is 19.4 Å². The third-order valence-electron chi connectivity index (χ3n) is 4.31. The van der Waals surface area contributed by atoms with E-state index < -0.39 is 0 Å². The van der Waals surface area contributed by atoms with Gasteiger partial charge in [-0.15, -0.1) is 0 Å². The van der Waals surface area contributed by atoms with Gasteiger partial charge in [-0.05, 0) is 61.5 Å². The smallest absolute Gasteiger partial charge is 0.266 e. The summed E-state index contributed by atoms with van der Waals surface area (Å²) in [5, 5.41) is 1.05. The van der Waals surface area contributed by atoms with Gasteiger partial charge < -0.3 is 14.2 Å². The van der Waals surface area contributed by atoms with E-state index in [1.54, 1.807) is 24.2 Å². The summed E-state index contributed by atoms with van der Waals surface area (Å²) in [4.78, 5) is 19.9. The zero-order valence-corrected chi connectivity index (χ0v) is 19.3. The Morgan fingerprint density at radius 2 is 1.87 bits per heavy atom. The van der Waals surface area contributed by atoms with Gasteiger partial charge in [-0.1, -0.05) is 29.8 Å². The minimum absolute atomic E-state index is 0.125. The van der Waals surface area contributed by atoms with Crippen LogP contribution in [0.2, 0.25) is 5.02 Å². The average molecular weight is 461 g/mol. The van der Waals surface area contributed by atoms with Crippen LogP contribution >= 0.6 is 23.4 Å². The number of carbonyl (C=O) groups is 1. The standard InChI is InChI=1S/C23H25ClN2O4S/c1-4-29-19-14-16(13-18(24)21(19)30-5-2)15-20-22(27)26(11-12-28-3)23(31-20)25-17-9-7-6-8-10-17/h6-10,13-15H,4-5,11-12H2,1-3H3/b20-15-,25-23?. The van der Waals surface area contributed by atoms with Crippen molar-refractivity contribution >= 4 is 46.2 Å². The molecular formula is C23H25ClN2O4S. The second-order valence-corrected chi connectivity index (χ2v) is 7.90. The maximum Gasteiger partial charge on any atom is 0.266 e. The van der Waals surface area contributed by atoms with Crippen LogP contribution in [0.5, 0.6) is 11.5 Å². The van der Waals surface area contributed by atoms with Crippen LogP contribution in [0.15, 0.2) is 52.4 Å². The SMILES string of the molecule is CCOc1cc(/C=C2\SC(=Nc3ccccc3)N(CCOC)C2=O)cc(Cl)c1OCC. The van der Waals surface area contributed by atoms with E-state index >= 15 is 0 Å². The molecule has 0 bridgehead atoms. The Labute approximate surface area is 191 Å². The number of aliphatic imine (C=N–C) groups is 1. The summed E-state index contributed by atoms with van der Waals surface area (Å²) in [6.07, 6.45) is 1.80. The third kappa shape index (κ3) is 5.81. The van der Waals surface area contributed by atoms with Crippen molar-refractivity contribution in [3.8, 4) is 11.5 Å². The number of thioether (sulfide) groups is 1. The first-order chi connectivity index (χ1) is 15.1. The third-order valence-corrected chi connectivity index (χ3v) is 5.59. The summed E-state index contributed by atoms with van der Waals surface area (Å²) >= 11 is 7.75. The van der Waals surface area contributed by atoms with Gasteiger partial charge in [-0.2, -0.15) is 0 Å². The molecule has 0 aliphatic carbocycles. The van der Waals surface area contributed by atoms with Crippen molar-refractivity contribution in [1.29, 1.82) is 0 Å². The van der Waals surface area contributed by atoms with Gasteiger partial charge in [-0.25, -0.2) is 4.99 Å². The van der Waals surface area contributed by atoms with Gasteiger partial charge in [0.2, 0.25) is 0 Å². The number of hydrogen-bond donors (Lipinski definition) is 0. The molecule has 164 valence electrons. The lowest BCUT2D eigenvalue weighted by molar-refractivity contribution is -0.122. The highest BCUT2D eigenvalue weighted by atomic mass is 35.5. The van der Waals surface area contributed by atoms with Gasteiger partial charge in [0.1, 0.15) is 0 Å². The van der Waals surface area contributed by atoms with Crippen LogP contribution in [0, 0.1) is 0 Å². The largest absolute Gasteiger partial charge is 0.490 e. The van der Waals surface area contributed by atoms with E-state index in [0.29, 0.717) is 53.0 Å². The predicted molar refractivity (Wildman–Crippen MR) is 126 cm³/mol. The number of nitrogens with zero attached hydrogens (tertiary/aromatic N) is 2. The number of amidine groups is 1. The number of hydrogen-bond acceptors (Lipinski definition) is 6. The van der Waals surface area contributed by atoms with Gasteiger partial charge in [0.25, 0.3) is 5.91 Å². The van der Waals surface area contributed by atoms with Crippen molar-refractivity contribution in [3.05, 3.63) is 58.0 Å². The molecule has 2 aromatic carbocycles. The fourth-order valence-corrected chi connectivity index (χ4v) is 4.25. The number of halogens is 1. The Balaban J connectivity index is 1.96. The molecule has 0 atom stereocenters. The fraction of sp³-hybridized carbons (Fsp3) is 0.304. The van der Waals surface area contributed by atoms with Crippen LogP contribution in [0.4, 0.5) is 5.69 Å². The molecule has 0 radical (unpaired) electrons. The van der Waals surface area contributed by atoms with E-state index in [9.17, 15) is 4.79 Å².